The van der Waals surface area contributed by atoms with Crippen LogP contribution in [-0.2, 0) is 9.59 Å². The molecule has 2 aliphatic carbocycles. The molecule has 0 aromatic carbocycles. The zero-order valence-electron chi connectivity index (χ0n) is 11.7. The predicted molar refractivity (Wildman–Crippen MR) is 72.6 cm³/mol. The molecule has 2 aliphatic rings. The van der Waals surface area contributed by atoms with E-state index in [-0.39, 0.29) is 17.9 Å². The van der Waals surface area contributed by atoms with Gasteiger partial charge in [0.05, 0.1) is 11.8 Å². The van der Waals surface area contributed by atoms with Gasteiger partial charge >= 0.3 is 5.97 Å². The summed E-state index contributed by atoms with van der Waals surface area (Å²) in [7, 11) is 0. The van der Waals surface area contributed by atoms with Crippen LogP contribution in [0, 0.1) is 17.8 Å². The van der Waals surface area contributed by atoms with E-state index in [4.69, 9.17) is 5.11 Å². The van der Waals surface area contributed by atoms with Crippen LogP contribution in [0.3, 0.4) is 0 Å². The van der Waals surface area contributed by atoms with Crippen molar-refractivity contribution in [1.29, 1.82) is 0 Å². The molecule has 2 saturated carbocycles. The fraction of sp³-hybridized carbons (Fsp3) is 0.867. The molecular formula is C15H25NO3. The van der Waals surface area contributed by atoms with Gasteiger partial charge in [-0.15, -0.1) is 0 Å². The highest BCUT2D eigenvalue weighted by atomic mass is 16.4. The van der Waals surface area contributed by atoms with Crippen molar-refractivity contribution in [2.24, 2.45) is 17.8 Å². The number of carboxylic acid groups (broad SMARTS) is 1. The van der Waals surface area contributed by atoms with E-state index >= 15 is 0 Å². The molecule has 2 N–H and O–H groups in total. The van der Waals surface area contributed by atoms with Crippen molar-refractivity contribution >= 4 is 11.9 Å². The van der Waals surface area contributed by atoms with Crippen molar-refractivity contribution in [3.8, 4) is 0 Å². The third-order valence-electron chi connectivity index (χ3n) is 4.86. The first-order chi connectivity index (χ1) is 9.09. The second-order valence-electron chi connectivity index (χ2n) is 6.21. The molecule has 108 valence electrons. The Morgan fingerprint density at radius 1 is 0.947 bits per heavy atom. The number of hydrogen-bond acceptors (Lipinski definition) is 2. The lowest BCUT2D eigenvalue weighted by Crippen LogP contribution is -2.43. The number of nitrogens with one attached hydrogen (secondary N) is 1. The van der Waals surface area contributed by atoms with E-state index in [9.17, 15) is 9.59 Å². The molecule has 4 nitrogen and oxygen atoms in total. The Kier molecular flexibility index (Phi) is 4.83. The Hall–Kier alpha value is -1.06. The molecule has 19 heavy (non-hydrogen) atoms. The van der Waals surface area contributed by atoms with E-state index in [1.165, 1.54) is 19.3 Å². The third kappa shape index (κ3) is 3.48. The minimum absolute atomic E-state index is 0.0244. The van der Waals surface area contributed by atoms with Gasteiger partial charge in [0.15, 0.2) is 0 Å². The SMILES string of the molecule is CC1CCCCCC1NC(=O)C1CCCC1C(=O)O. The number of amides is 1. The average molecular weight is 267 g/mol. The third-order valence-corrected chi connectivity index (χ3v) is 4.86. The summed E-state index contributed by atoms with van der Waals surface area (Å²) in [6.45, 7) is 2.19. The highest BCUT2D eigenvalue weighted by Crippen LogP contribution is 2.33. The summed E-state index contributed by atoms with van der Waals surface area (Å²) >= 11 is 0. The predicted octanol–water partition coefficient (Wildman–Crippen LogP) is 2.57. The molecule has 4 heteroatoms. The normalized spacial score (nSPS) is 35.6. The molecular weight excluding hydrogens is 242 g/mol. The standard InChI is InChI=1S/C15H25NO3/c1-10-6-3-2-4-9-13(10)16-14(17)11-7-5-8-12(11)15(18)19/h10-13H,2-9H2,1H3,(H,16,17)(H,18,19). The quantitative estimate of drug-likeness (QED) is 0.772. The minimum Gasteiger partial charge on any atom is -0.481 e. The summed E-state index contributed by atoms with van der Waals surface area (Å²) in [6, 6.07) is 0.241. The molecule has 0 saturated heterocycles. The van der Waals surface area contributed by atoms with E-state index in [0.29, 0.717) is 12.3 Å². The van der Waals surface area contributed by atoms with Gasteiger partial charge in [0.1, 0.15) is 0 Å². The second-order valence-corrected chi connectivity index (χ2v) is 6.21. The molecule has 0 aromatic heterocycles. The Morgan fingerprint density at radius 2 is 1.63 bits per heavy atom. The van der Waals surface area contributed by atoms with Crippen LogP contribution < -0.4 is 5.32 Å². The molecule has 0 radical (unpaired) electrons. The molecule has 1 amide bonds. The summed E-state index contributed by atoms with van der Waals surface area (Å²) < 4.78 is 0. The first kappa shape index (κ1) is 14.4. The zero-order chi connectivity index (χ0) is 13.8. The molecule has 0 spiro atoms. The van der Waals surface area contributed by atoms with Gasteiger partial charge < -0.3 is 10.4 Å². The first-order valence-electron chi connectivity index (χ1n) is 7.62. The van der Waals surface area contributed by atoms with Crippen LogP contribution in [0.25, 0.3) is 0 Å². The fourth-order valence-electron chi connectivity index (χ4n) is 3.57. The fourth-order valence-corrected chi connectivity index (χ4v) is 3.57. The van der Waals surface area contributed by atoms with Gasteiger partial charge in [-0.2, -0.15) is 0 Å². The molecule has 0 aromatic rings. The monoisotopic (exact) mass is 267 g/mol. The maximum atomic E-state index is 12.3. The summed E-state index contributed by atoms with van der Waals surface area (Å²) in [5.74, 6) is -1.11. The van der Waals surface area contributed by atoms with Crippen LogP contribution in [0.4, 0.5) is 0 Å². The molecule has 0 bridgehead atoms. The van der Waals surface area contributed by atoms with Gasteiger partial charge in [-0.1, -0.05) is 32.6 Å². The van der Waals surface area contributed by atoms with E-state index in [2.05, 4.69) is 12.2 Å². The maximum absolute atomic E-state index is 12.3. The van der Waals surface area contributed by atoms with Gasteiger partial charge in [-0.3, -0.25) is 9.59 Å². The van der Waals surface area contributed by atoms with Crippen molar-refractivity contribution in [3.05, 3.63) is 0 Å². The highest BCUT2D eigenvalue weighted by molar-refractivity contribution is 5.85. The van der Waals surface area contributed by atoms with Gasteiger partial charge in [0.2, 0.25) is 5.91 Å². The van der Waals surface area contributed by atoms with Gasteiger partial charge in [-0.05, 0) is 31.6 Å². The number of aliphatic carboxylic acids is 1. The van der Waals surface area contributed by atoms with Crippen molar-refractivity contribution in [1.82, 2.24) is 5.32 Å². The number of rotatable bonds is 3. The largest absolute Gasteiger partial charge is 0.481 e. The van der Waals surface area contributed by atoms with Gasteiger partial charge in [-0.25, -0.2) is 0 Å². The van der Waals surface area contributed by atoms with E-state index < -0.39 is 11.9 Å². The summed E-state index contributed by atoms with van der Waals surface area (Å²) in [5, 5.41) is 12.3. The van der Waals surface area contributed by atoms with Crippen molar-refractivity contribution < 1.29 is 14.7 Å². The van der Waals surface area contributed by atoms with Gasteiger partial charge in [0.25, 0.3) is 0 Å². The first-order valence-corrected chi connectivity index (χ1v) is 7.62. The average Bonchev–Trinajstić information content (AvgIpc) is 2.78. The molecule has 4 unspecified atom stereocenters. The summed E-state index contributed by atoms with van der Waals surface area (Å²) in [5.41, 5.74) is 0. The maximum Gasteiger partial charge on any atom is 0.307 e. The Balaban J connectivity index is 1.94. The molecule has 4 atom stereocenters. The number of carbonyl (C=O) groups is 2. The number of hydrogen-bond donors (Lipinski definition) is 2. The van der Waals surface area contributed by atoms with Crippen LogP contribution in [0.2, 0.25) is 0 Å². The lowest BCUT2D eigenvalue weighted by molar-refractivity contribution is -0.146. The Morgan fingerprint density at radius 3 is 2.37 bits per heavy atom. The van der Waals surface area contributed by atoms with Crippen LogP contribution in [0.15, 0.2) is 0 Å². The lowest BCUT2D eigenvalue weighted by Gasteiger charge is -2.25. The van der Waals surface area contributed by atoms with Crippen LogP contribution in [0.5, 0.6) is 0 Å². The second kappa shape index (κ2) is 6.40. The van der Waals surface area contributed by atoms with Crippen molar-refractivity contribution in [2.75, 3.05) is 0 Å². The smallest absolute Gasteiger partial charge is 0.307 e. The van der Waals surface area contributed by atoms with Crippen LogP contribution in [0.1, 0.15) is 58.3 Å². The van der Waals surface area contributed by atoms with Crippen molar-refractivity contribution in [2.45, 2.75) is 64.3 Å². The number of carboxylic acids is 1. The minimum atomic E-state index is -0.813. The summed E-state index contributed by atoms with van der Waals surface area (Å²) in [4.78, 5) is 23.5. The van der Waals surface area contributed by atoms with Crippen LogP contribution >= 0.6 is 0 Å². The number of carbonyl (C=O) groups excluding carboxylic acids is 1. The van der Waals surface area contributed by atoms with Gasteiger partial charge in [0, 0.05) is 6.04 Å². The molecule has 2 fully saturated rings. The molecule has 2 rings (SSSR count). The molecule has 0 heterocycles. The lowest BCUT2D eigenvalue weighted by atomic mass is 9.92. The van der Waals surface area contributed by atoms with E-state index in [1.807, 2.05) is 0 Å². The Bertz CT molecular complexity index is 342. The zero-order valence-corrected chi connectivity index (χ0v) is 11.7. The topological polar surface area (TPSA) is 66.4 Å². The van der Waals surface area contributed by atoms with E-state index in [0.717, 1.165) is 25.7 Å². The van der Waals surface area contributed by atoms with Crippen molar-refractivity contribution in [3.63, 3.8) is 0 Å². The molecule has 0 aliphatic heterocycles. The highest BCUT2D eigenvalue weighted by Gasteiger charge is 2.38. The van der Waals surface area contributed by atoms with Crippen LogP contribution in [-0.4, -0.2) is 23.0 Å². The summed E-state index contributed by atoms with van der Waals surface area (Å²) in [6.07, 6.45) is 8.09. The van der Waals surface area contributed by atoms with E-state index in [1.54, 1.807) is 0 Å². The Labute approximate surface area is 115 Å².